The summed E-state index contributed by atoms with van der Waals surface area (Å²) in [6, 6.07) is 3.82. The van der Waals surface area contributed by atoms with Crippen molar-refractivity contribution in [3.8, 4) is 11.5 Å². The largest absolute Gasteiger partial charge is 0.490 e. The van der Waals surface area contributed by atoms with Crippen molar-refractivity contribution < 1.29 is 9.47 Å². The molecule has 0 unspecified atom stereocenters. The molecule has 0 amide bonds. The molecule has 0 radical (unpaired) electrons. The van der Waals surface area contributed by atoms with Crippen LogP contribution in [0.2, 0.25) is 5.02 Å². The zero-order valence-corrected chi connectivity index (χ0v) is 13.0. The fourth-order valence-electron chi connectivity index (χ4n) is 2.09. The predicted octanol–water partition coefficient (Wildman–Crippen LogP) is 3.76. The second-order valence-corrected chi connectivity index (χ2v) is 5.47. The summed E-state index contributed by atoms with van der Waals surface area (Å²) in [5.74, 6) is 1.44. The van der Waals surface area contributed by atoms with Crippen molar-refractivity contribution in [2.45, 2.75) is 39.5 Å². The number of hydrogen-bond donors (Lipinski definition) is 1. The molecule has 0 heterocycles. The van der Waals surface area contributed by atoms with Crippen LogP contribution in [0.15, 0.2) is 12.1 Å². The van der Waals surface area contributed by atoms with E-state index >= 15 is 0 Å². The molecule has 0 atom stereocenters. The second kappa shape index (κ2) is 7.01. The monoisotopic (exact) mass is 285 g/mol. The molecular weight excluding hydrogens is 262 g/mol. The van der Waals surface area contributed by atoms with Gasteiger partial charge in [0.1, 0.15) is 0 Å². The summed E-state index contributed by atoms with van der Waals surface area (Å²) in [7, 11) is 0. The molecule has 19 heavy (non-hydrogen) atoms. The SMILES string of the molecule is CCOc1cc(Cl)c(C(C)(C)CCN)cc1OCC. The van der Waals surface area contributed by atoms with Gasteiger partial charge in [-0.15, -0.1) is 0 Å². The smallest absolute Gasteiger partial charge is 0.162 e. The first kappa shape index (κ1) is 16.1. The Balaban J connectivity index is 3.23. The lowest BCUT2D eigenvalue weighted by Gasteiger charge is -2.27. The molecule has 0 aromatic heterocycles. The summed E-state index contributed by atoms with van der Waals surface area (Å²) in [5.41, 5.74) is 6.64. The van der Waals surface area contributed by atoms with E-state index < -0.39 is 0 Å². The number of rotatable bonds is 7. The van der Waals surface area contributed by atoms with Crippen molar-refractivity contribution >= 4 is 11.6 Å². The Morgan fingerprint density at radius 1 is 1.11 bits per heavy atom. The molecule has 4 heteroatoms. The third kappa shape index (κ3) is 4.02. The maximum Gasteiger partial charge on any atom is 0.162 e. The van der Waals surface area contributed by atoms with Gasteiger partial charge in [-0.1, -0.05) is 25.4 Å². The van der Waals surface area contributed by atoms with Crippen molar-refractivity contribution in [3.63, 3.8) is 0 Å². The highest BCUT2D eigenvalue weighted by atomic mass is 35.5. The van der Waals surface area contributed by atoms with Gasteiger partial charge in [-0.05, 0) is 43.9 Å². The van der Waals surface area contributed by atoms with Gasteiger partial charge < -0.3 is 15.2 Å². The van der Waals surface area contributed by atoms with E-state index in [-0.39, 0.29) is 5.41 Å². The summed E-state index contributed by atoms with van der Waals surface area (Å²) in [6.07, 6.45) is 0.867. The van der Waals surface area contributed by atoms with E-state index in [0.29, 0.717) is 30.5 Å². The maximum atomic E-state index is 6.38. The minimum Gasteiger partial charge on any atom is -0.490 e. The predicted molar refractivity (Wildman–Crippen MR) is 80.5 cm³/mol. The van der Waals surface area contributed by atoms with Crippen LogP contribution in [0.25, 0.3) is 0 Å². The van der Waals surface area contributed by atoms with Crippen LogP contribution in [0.4, 0.5) is 0 Å². The number of halogens is 1. The lowest BCUT2D eigenvalue weighted by atomic mass is 9.81. The molecule has 3 nitrogen and oxygen atoms in total. The summed E-state index contributed by atoms with van der Waals surface area (Å²) in [5, 5.41) is 0.699. The fourth-order valence-corrected chi connectivity index (χ4v) is 2.50. The number of hydrogen-bond acceptors (Lipinski definition) is 3. The van der Waals surface area contributed by atoms with E-state index in [4.69, 9.17) is 26.8 Å². The zero-order chi connectivity index (χ0) is 14.5. The minimum atomic E-state index is -0.0809. The van der Waals surface area contributed by atoms with Gasteiger partial charge in [0.25, 0.3) is 0 Å². The Morgan fingerprint density at radius 3 is 2.11 bits per heavy atom. The van der Waals surface area contributed by atoms with Gasteiger partial charge in [0.2, 0.25) is 0 Å². The number of nitrogens with two attached hydrogens (primary N) is 1. The van der Waals surface area contributed by atoms with E-state index in [9.17, 15) is 0 Å². The Labute approximate surface area is 121 Å². The quantitative estimate of drug-likeness (QED) is 0.829. The lowest BCUT2D eigenvalue weighted by molar-refractivity contribution is 0.286. The molecule has 1 aromatic rings. The van der Waals surface area contributed by atoms with Crippen LogP contribution in [0.5, 0.6) is 11.5 Å². The van der Waals surface area contributed by atoms with Gasteiger partial charge in [-0.2, -0.15) is 0 Å². The van der Waals surface area contributed by atoms with Gasteiger partial charge in [-0.25, -0.2) is 0 Å². The highest BCUT2D eigenvalue weighted by Gasteiger charge is 2.24. The van der Waals surface area contributed by atoms with Crippen molar-refractivity contribution in [2.75, 3.05) is 19.8 Å². The zero-order valence-electron chi connectivity index (χ0n) is 12.3. The summed E-state index contributed by atoms with van der Waals surface area (Å²) < 4.78 is 11.2. The molecule has 1 aromatic carbocycles. The molecule has 0 bridgehead atoms. The third-order valence-electron chi connectivity index (χ3n) is 3.13. The molecule has 108 valence electrons. The standard InChI is InChI=1S/C15H24ClNO2/c1-5-18-13-9-11(15(3,4)7-8-17)12(16)10-14(13)19-6-2/h9-10H,5-8,17H2,1-4H3. The number of benzene rings is 1. The van der Waals surface area contributed by atoms with Crippen LogP contribution in [-0.2, 0) is 5.41 Å². The van der Waals surface area contributed by atoms with Crippen molar-refractivity contribution in [2.24, 2.45) is 5.73 Å². The van der Waals surface area contributed by atoms with Crippen molar-refractivity contribution in [3.05, 3.63) is 22.7 Å². The summed E-state index contributed by atoms with van der Waals surface area (Å²) in [6.45, 7) is 9.97. The average Bonchev–Trinajstić information content (AvgIpc) is 2.32. The molecule has 0 saturated carbocycles. The van der Waals surface area contributed by atoms with E-state index in [1.807, 2.05) is 26.0 Å². The molecule has 0 fully saturated rings. The average molecular weight is 286 g/mol. The molecular formula is C15H24ClNO2. The van der Waals surface area contributed by atoms with E-state index in [1.54, 1.807) is 0 Å². The van der Waals surface area contributed by atoms with E-state index in [1.165, 1.54) is 0 Å². The molecule has 0 aliphatic heterocycles. The molecule has 0 spiro atoms. The van der Waals surface area contributed by atoms with E-state index in [0.717, 1.165) is 17.7 Å². The molecule has 1 rings (SSSR count). The van der Waals surface area contributed by atoms with E-state index in [2.05, 4.69) is 13.8 Å². The fraction of sp³-hybridized carbons (Fsp3) is 0.600. The third-order valence-corrected chi connectivity index (χ3v) is 3.44. The Bertz CT molecular complexity index is 419. The molecule has 0 aliphatic rings. The molecule has 2 N–H and O–H groups in total. The maximum absolute atomic E-state index is 6.38. The first-order valence-corrected chi connectivity index (χ1v) is 7.13. The summed E-state index contributed by atoms with van der Waals surface area (Å²) >= 11 is 6.38. The summed E-state index contributed by atoms with van der Waals surface area (Å²) in [4.78, 5) is 0. The normalized spacial score (nSPS) is 11.5. The lowest BCUT2D eigenvalue weighted by Crippen LogP contribution is -2.22. The topological polar surface area (TPSA) is 44.5 Å². The Kier molecular flexibility index (Phi) is 5.95. The van der Waals surface area contributed by atoms with Crippen LogP contribution in [0, 0.1) is 0 Å². The van der Waals surface area contributed by atoms with Crippen LogP contribution in [0.1, 0.15) is 39.7 Å². The van der Waals surface area contributed by atoms with Crippen molar-refractivity contribution in [1.82, 2.24) is 0 Å². The highest BCUT2D eigenvalue weighted by molar-refractivity contribution is 6.31. The van der Waals surface area contributed by atoms with Crippen LogP contribution in [-0.4, -0.2) is 19.8 Å². The Morgan fingerprint density at radius 2 is 1.63 bits per heavy atom. The van der Waals surface area contributed by atoms with Gasteiger partial charge in [0, 0.05) is 11.1 Å². The molecule has 0 aliphatic carbocycles. The van der Waals surface area contributed by atoms with Crippen LogP contribution >= 0.6 is 11.6 Å². The van der Waals surface area contributed by atoms with Gasteiger partial charge in [0.05, 0.1) is 13.2 Å². The number of ether oxygens (including phenoxy) is 2. The highest BCUT2D eigenvalue weighted by Crippen LogP contribution is 2.40. The van der Waals surface area contributed by atoms with Gasteiger partial charge >= 0.3 is 0 Å². The first-order valence-electron chi connectivity index (χ1n) is 6.76. The molecule has 0 saturated heterocycles. The van der Waals surface area contributed by atoms with Crippen LogP contribution in [0.3, 0.4) is 0 Å². The van der Waals surface area contributed by atoms with Gasteiger partial charge in [0.15, 0.2) is 11.5 Å². The Hall–Kier alpha value is -0.930. The van der Waals surface area contributed by atoms with Crippen LogP contribution < -0.4 is 15.2 Å². The van der Waals surface area contributed by atoms with Gasteiger partial charge in [-0.3, -0.25) is 0 Å². The minimum absolute atomic E-state index is 0.0809. The first-order chi connectivity index (χ1) is 8.96. The second-order valence-electron chi connectivity index (χ2n) is 5.07. The van der Waals surface area contributed by atoms with Crippen molar-refractivity contribution in [1.29, 1.82) is 0 Å².